The predicted molar refractivity (Wildman–Crippen MR) is 150 cm³/mol. The Kier molecular flexibility index (Phi) is 9.46. The third kappa shape index (κ3) is 6.88. The van der Waals surface area contributed by atoms with E-state index in [1.165, 1.54) is 22.6 Å². The highest BCUT2D eigenvalue weighted by molar-refractivity contribution is 8.27. The van der Waals surface area contributed by atoms with E-state index in [9.17, 15) is 18.0 Å². The fraction of sp³-hybridized carbons (Fsp3) is 0.364. The summed E-state index contributed by atoms with van der Waals surface area (Å²) in [4.78, 5) is 13.7. The molecule has 3 rings (SSSR count). The number of rotatable bonds is 6. The maximum atomic E-state index is 12.3. The number of anilines is 1. The lowest BCUT2D eigenvalue weighted by molar-refractivity contribution is -0.274. The molecule has 0 saturated heterocycles. The van der Waals surface area contributed by atoms with Crippen LogP contribution in [0.2, 0.25) is 0 Å². The molecule has 0 saturated carbocycles. The van der Waals surface area contributed by atoms with E-state index in [1.807, 2.05) is 41.4 Å². The molecule has 0 aliphatic carbocycles. The van der Waals surface area contributed by atoms with Crippen molar-refractivity contribution in [3.8, 4) is 5.75 Å². The van der Waals surface area contributed by atoms with Crippen molar-refractivity contribution < 1.29 is 22.7 Å². The average molecular weight is 582 g/mol. The first-order chi connectivity index (χ1) is 16.5. The van der Waals surface area contributed by atoms with Crippen LogP contribution >= 0.6 is 58.4 Å². The number of nitrogens with one attached hydrogen (secondary N) is 3. The molecule has 2 aromatic rings. The molecule has 0 bridgehead atoms. The number of thioether (sulfide) groups is 3. The zero-order valence-electron chi connectivity index (χ0n) is 19.4. The summed E-state index contributed by atoms with van der Waals surface area (Å²) in [6, 6.07) is 10.9. The van der Waals surface area contributed by atoms with Gasteiger partial charge in [0.05, 0.1) is 4.08 Å². The van der Waals surface area contributed by atoms with Crippen molar-refractivity contribution in [3.63, 3.8) is 0 Å². The minimum atomic E-state index is -4.79. The van der Waals surface area contributed by atoms with Crippen molar-refractivity contribution >= 4 is 75.1 Å². The van der Waals surface area contributed by atoms with Crippen LogP contribution in [0, 0.1) is 0 Å². The maximum absolute atomic E-state index is 12.3. The predicted octanol–water partition coefficient (Wildman–Crippen LogP) is 6.18. The van der Waals surface area contributed by atoms with E-state index >= 15 is 0 Å². The van der Waals surface area contributed by atoms with Crippen molar-refractivity contribution in [2.45, 2.75) is 26.3 Å². The summed E-state index contributed by atoms with van der Waals surface area (Å²) in [5.41, 5.74) is 7.34. The smallest absolute Gasteiger partial charge is 0.406 e. The number of amides is 1. The molecular formula is C22H26F3N3O2S5. The Balaban J connectivity index is 1.65. The number of carbonyl (C=O) groups excluding carboxylic acids is 1. The zero-order valence-corrected chi connectivity index (χ0v) is 23.5. The summed E-state index contributed by atoms with van der Waals surface area (Å²) in [7, 11) is -0.293. The van der Waals surface area contributed by atoms with Crippen LogP contribution in [-0.4, -0.2) is 47.0 Å². The highest BCUT2D eigenvalue weighted by Gasteiger charge is 2.41. The van der Waals surface area contributed by atoms with E-state index in [1.54, 1.807) is 0 Å². The van der Waals surface area contributed by atoms with E-state index in [2.05, 4.69) is 58.1 Å². The van der Waals surface area contributed by atoms with Crippen molar-refractivity contribution in [1.82, 2.24) is 10.9 Å². The minimum Gasteiger partial charge on any atom is -0.406 e. The molecule has 0 spiro atoms. The normalized spacial score (nSPS) is 19.9. The van der Waals surface area contributed by atoms with Crippen molar-refractivity contribution in [2.24, 2.45) is 0 Å². The highest BCUT2D eigenvalue weighted by atomic mass is 32.2. The number of fused-ring (bicyclic) bond motifs is 1. The molecule has 35 heavy (non-hydrogen) atoms. The number of hydrogen-bond donors (Lipinski definition) is 4. The molecule has 5 nitrogen and oxygen atoms in total. The number of alkyl halides is 3. The fourth-order valence-electron chi connectivity index (χ4n) is 3.73. The van der Waals surface area contributed by atoms with Crippen molar-refractivity contribution in [1.29, 1.82) is 0 Å². The van der Waals surface area contributed by atoms with Gasteiger partial charge in [-0.25, -0.2) is 10.9 Å². The second kappa shape index (κ2) is 11.8. The third-order valence-electron chi connectivity index (χ3n) is 5.49. The molecule has 2 aromatic carbocycles. The zero-order chi connectivity index (χ0) is 25.8. The van der Waals surface area contributed by atoms with E-state index in [0.717, 1.165) is 24.2 Å². The minimum absolute atomic E-state index is 0.0409. The number of thiol groups is 1. The molecule has 1 amide bonds. The quantitative estimate of drug-likeness (QED) is 0.140. The van der Waals surface area contributed by atoms with Crippen LogP contribution < -0.4 is 20.9 Å². The van der Waals surface area contributed by atoms with Gasteiger partial charge in [0.1, 0.15) is 5.75 Å². The second-order valence-electron chi connectivity index (χ2n) is 7.50. The van der Waals surface area contributed by atoms with Crippen LogP contribution in [0.1, 0.15) is 22.3 Å². The van der Waals surface area contributed by atoms with Crippen LogP contribution in [-0.2, 0) is 4.08 Å². The molecule has 0 aromatic heterocycles. The second-order valence-corrected chi connectivity index (χ2v) is 14.1. The topological polar surface area (TPSA) is 62.4 Å². The number of hydrazine groups is 1. The third-order valence-corrected chi connectivity index (χ3v) is 13.3. The molecule has 192 valence electrons. The summed E-state index contributed by atoms with van der Waals surface area (Å²) >= 11 is 11.0. The Labute approximate surface area is 223 Å². The van der Waals surface area contributed by atoms with Gasteiger partial charge >= 0.3 is 6.36 Å². The lowest BCUT2D eigenvalue weighted by Gasteiger charge is -2.45. The summed E-state index contributed by atoms with van der Waals surface area (Å²) in [5.74, 6) is -0.959. The highest BCUT2D eigenvalue weighted by Crippen LogP contribution is 2.62. The van der Waals surface area contributed by atoms with Gasteiger partial charge in [0.2, 0.25) is 0 Å². The summed E-state index contributed by atoms with van der Waals surface area (Å²) < 4.78 is 41.2. The first kappa shape index (κ1) is 28.2. The molecule has 13 heteroatoms. The Morgan fingerprint density at radius 3 is 2.34 bits per heavy atom. The van der Waals surface area contributed by atoms with Crippen LogP contribution in [0.25, 0.3) is 0 Å². The average Bonchev–Trinajstić information content (AvgIpc) is 2.82. The van der Waals surface area contributed by atoms with Crippen LogP contribution in [0.3, 0.4) is 0 Å². The molecule has 0 radical (unpaired) electrons. The number of carbonyl (C=O) groups is 1. The molecule has 0 fully saturated rings. The van der Waals surface area contributed by atoms with Crippen LogP contribution in [0.4, 0.5) is 18.9 Å². The SMILES string of the molecule is CSC1CC(SC)(SC)c2cc(NC(=S)NNC(=O)c3ccc(OC(F)(F)F)cc3)ccc2[SH]1C. The van der Waals surface area contributed by atoms with E-state index in [4.69, 9.17) is 12.2 Å². The molecule has 1 heterocycles. The first-order valence-corrected chi connectivity index (χ1v) is 16.3. The maximum Gasteiger partial charge on any atom is 0.573 e. The van der Waals surface area contributed by atoms with Gasteiger partial charge in [-0.2, -0.15) is 11.8 Å². The van der Waals surface area contributed by atoms with Gasteiger partial charge in [0.25, 0.3) is 5.91 Å². The Bertz CT molecular complexity index is 1070. The number of benzene rings is 2. The number of ether oxygens (including phenoxy) is 1. The van der Waals surface area contributed by atoms with E-state index in [-0.39, 0.29) is 25.6 Å². The Hall–Kier alpha value is -1.41. The van der Waals surface area contributed by atoms with E-state index in [0.29, 0.717) is 4.58 Å². The molecule has 2 atom stereocenters. The first-order valence-electron chi connectivity index (χ1n) is 10.3. The van der Waals surface area contributed by atoms with Crippen molar-refractivity contribution in [2.75, 3.05) is 30.3 Å². The number of thiocarbonyl (C=S) groups is 1. The van der Waals surface area contributed by atoms with Crippen LogP contribution in [0.15, 0.2) is 47.4 Å². The number of hydrogen-bond acceptors (Lipinski definition) is 6. The van der Waals surface area contributed by atoms with Gasteiger partial charge in [-0.3, -0.25) is 15.6 Å². The van der Waals surface area contributed by atoms with Gasteiger partial charge in [-0.1, -0.05) is 0 Å². The van der Waals surface area contributed by atoms with E-state index < -0.39 is 18.0 Å². The van der Waals surface area contributed by atoms with Gasteiger partial charge in [-0.05, 0) is 96.6 Å². The fourth-order valence-corrected chi connectivity index (χ4v) is 10.4. The van der Waals surface area contributed by atoms with Gasteiger partial charge in [0.15, 0.2) is 5.11 Å². The summed E-state index contributed by atoms with van der Waals surface area (Å²) in [6.07, 6.45) is 5.09. The monoisotopic (exact) mass is 581 g/mol. The lowest BCUT2D eigenvalue weighted by atomic mass is 10.1. The Morgan fingerprint density at radius 2 is 1.77 bits per heavy atom. The molecular weight excluding hydrogens is 556 g/mol. The standard InChI is InChI=1S/C22H26F3N3O2S5/c1-32-18-12-21(33-2,34-3)16-11-14(7-10-17(16)35(18)4)26-20(31)28-27-19(29)13-5-8-15(9-6-13)30-22(23,24)25/h5-11,18,35H,12H2,1-4H3,(H,27,29)(H2,26,28,31). The van der Waals surface area contributed by atoms with Crippen molar-refractivity contribution in [3.05, 3.63) is 53.6 Å². The largest absolute Gasteiger partial charge is 0.573 e. The van der Waals surface area contributed by atoms with Gasteiger partial charge in [0, 0.05) is 15.8 Å². The molecule has 2 unspecified atom stereocenters. The number of halogens is 3. The summed E-state index contributed by atoms with van der Waals surface area (Å²) in [5, 5.41) is 3.29. The van der Waals surface area contributed by atoms with Gasteiger partial charge < -0.3 is 10.1 Å². The van der Waals surface area contributed by atoms with Gasteiger partial charge in [-0.15, -0.1) is 36.7 Å². The molecule has 1 aliphatic heterocycles. The lowest BCUT2D eigenvalue weighted by Crippen LogP contribution is -2.43. The Morgan fingerprint density at radius 1 is 1.11 bits per heavy atom. The molecule has 3 N–H and O–H groups in total. The summed E-state index contributed by atoms with van der Waals surface area (Å²) in [6.45, 7) is 0. The van der Waals surface area contributed by atoms with Crippen LogP contribution in [0.5, 0.6) is 5.75 Å². The molecule has 1 aliphatic rings.